The first-order valence-electron chi connectivity index (χ1n) is 7.89. The molecule has 23 heavy (non-hydrogen) atoms. The summed E-state index contributed by atoms with van der Waals surface area (Å²) in [7, 11) is 0. The van der Waals surface area contributed by atoms with E-state index in [1.807, 2.05) is 17.0 Å². The summed E-state index contributed by atoms with van der Waals surface area (Å²) in [5, 5.41) is 13.0. The van der Waals surface area contributed by atoms with Crippen LogP contribution in [0.15, 0.2) is 24.3 Å². The molecule has 2 heterocycles. The Balaban J connectivity index is 1.71. The number of rotatable bonds is 3. The number of carbonyl (C=O) groups excluding carboxylic acids is 1. The molecule has 3 rings (SSSR count). The summed E-state index contributed by atoms with van der Waals surface area (Å²) in [5.41, 5.74) is 0.827. The quantitative estimate of drug-likeness (QED) is 0.866. The minimum Gasteiger partial charge on any atom is -0.336 e. The van der Waals surface area contributed by atoms with E-state index in [0.717, 1.165) is 18.4 Å². The highest BCUT2D eigenvalue weighted by Crippen LogP contribution is 2.23. The number of tetrazole rings is 1. The molecule has 1 aliphatic heterocycles. The Kier molecular flexibility index (Phi) is 4.61. The van der Waals surface area contributed by atoms with Crippen molar-refractivity contribution < 1.29 is 4.79 Å². The van der Waals surface area contributed by atoms with E-state index in [1.165, 1.54) is 11.2 Å². The summed E-state index contributed by atoms with van der Waals surface area (Å²) in [4.78, 5) is 15.9. The fourth-order valence-corrected chi connectivity index (χ4v) is 3.27. The van der Waals surface area contributed by atoms with Gasteiger partial charge in [-0.1, -0.05) is 11.6 Å². The number of hydrogen-bond donors (Lipinski definition) is 0. The lowest BCUT2D eigenvalue weighted by atomic mass is 9.97. The number of nitrogens with zero attached hydrogens (tertiary/aromatic N) is 5. The van der Waals surface area contributed by atoms with E-state index in [2.05, 4.69) is 29.3 Å². The Bertz CT molecular complexity index is 674. The minimum absolute atomic E-state index is 0.0461. The number of halogens is 1. The summed E-state index contributed by atoms with van der Waals surface area (Å²) in [5.74, 6) is 0.541. The van der Waals surface area contributed by atoms with Crippen molar-refractivity contribution in [1.82, 2.24) is 25.1 Å². The van der Waals surface area contributed by atoms with Gasteiger partial charge in [-0.2, -0.15) is 4.80 Å². The van der Waals surface area contributed by atoms with Crippen LogP contribution < -0.4 is 0 Å². The van der Waals surface area contributed by atoms with Crippen LogP contribution in [-0.4, -0.2) is 43.1 Å². The van der Waals surface area contributed by atoms with Crippen molar-refractivity contribution in [3.05, 3.63) is 29.3 Å². The van der Waals surface area contributed by atoms with Gasteiger partial charge in [0.2, 0.25) is 11.7 Å². The SMILES string of the molecule is C[C@@H]1CCC[C@H](C)N1C(=O)Cn1nnc(-c2ccc(Cl)cc2)n1. The highest BCUT2D eigenvalue weighted by Gasteiger charge is 2.29. The third kappa shape index (κ3) is 3.52. The number of piperidine rings is 1. The molecule has 0 unspecified atom stereocenters. The zero-order valence-corrected chi connectivity index (χ0v) is 14.1. The first kappa shape index (κ1) is 15.9. The molecule has 1 fully saturated rings. The zero-order valence-electron chi connectivity index (χ0n) is 13.3. The van der Waals surface area contributed by atoms with Gasteiger partial charge in [-0.25, -0.2) is 0 Å². The van der Waals surface area contributed by atoms with E-state index in [4.69, 9.17) is 11.6 Å². The molecule has 1 aromatic heterocycles. The molecule has 122 valence electrons. The summed E-state index contributed by atoms with van der Waals surface area (Å²) < 4.78 is 0. The number of aromatic nitrogens is 4. The van der Waals surface area contributed by atoms with E-state index in [-0.39, 0.29) is 24.5 Å². The van der Waals surface area contributed by atoms with E-state index in [0.29, 0.717) is 10.8 Å². The number of amides is 1. The largest absolute Gasteiger partial charge is 0.336 e. The van der Waals surface area contributed by atoms with Crippen LogP contribution in [0.2, 0.25) is 5.02 Å². The van der Waals surface area contributed by atoms with Gasteiger partial charge in [0.1, 0.15) is 6.54 Å². The van der Waals surface area contributed by atoms with Gasteiger partial charge >= 0.3 is 0 Å². The Morgan fingerprint density at radius 1 is 1.22 bits per heavy atom. The number of hydrogen-bond acceptors (Lipinski definition) is 4. The van der Waals surface area contributed by atoms with Crippen LogP contribution >= 0.6 is 11.6 Å². The van der Waals surface area contributed by atoms with Crippen LogP contribution in [0.4, 0.5) is 0 Å². The Hall–Kier alpha value is -1.95. The summed E-state index contributed by atoms with van der Waals surface area (Å²) in [6, 6.07) is 7.76. The van der Waals surface area contributed by atoms with Crippen LogP contribution in [0.5, 0.6) is 0 Å². The lowest BCUT2D eigenvalue weighted by Crippen LogP contribution is -2.48. The Morgan fingerprint density at radius 3 is 2.52 bits per heavy atom. The summed E-state index contributed by atoms with van der Waals surface area (Å²) in [6.07, 6.45) is 3.28. The maximum atomic E-state index is 12.6. The molecule has 1 amide bonds. The topological polar surface area (TPSA) is 63.9 Å². The third-order valence-corrected chi connectivity index (χ3v) is 4.57. The van der Waals surface area contributed by atoms with Gasteiger partial charge in [-0.05, 0) is 62.6 Å². The van der Waals surface area contributed by atoms with Gasteiger partial charge in [0.25, 0.3) is 0 Å². The van der Waals surface area contributed by atoms with E-state index in [1.54, 1.807) is 12.1 Å². The van der Waals surface area contributed by atoms with Gasteiger partial charge in [0.15, 0.2) is 0 Å². The highest BCUT2D eigenvalue weighted by molar-refractivity contribution is 6.30. The van der Waals surface area contributed by atoms with Crippen LogP contribution in [0, 0.1) is 0 Å². The first-order chi connectivity index (χ1) is 11.0. The second kappa shape index (κ2) is 6.66. The first-order valence-corrected chi connectivity index (χ1v) is 8.27. The van der Waals surface area contributed by atoms with E-state index < -0.39 is 0 Å². The average molecular weight is 334 g/mol. The molecule has 0 N–H and O–H groups in total. The zero-order chi connectivity index (χ0) is 16.4. The lowest BCUT2D eigenvalue weighted by Gasteiger charge is -2.38. The third-order valence-electron chi connectivity index (χ3n) is 4.31. The van der Waals surface area contributed by atoms with Crippen molar-refractivity contribution in [3.63, 3.8) is 0 Å². The smallest absolute Gasteiger partial charge is 0.246 e. The van der Waals surface area contributed by atoms with E-state index >= 15 is 0 Å². The van der Waals surface area contributed by atoms with E-state index in [9.17, 15) is 4.79 Å². The van der Waals surface area contributed by atoms with Crippen LogP contribution in [0.25, 0.3) is 11.4 Å². The second-order valence-corrected chi connectivity index (χ2v) is 6.52. The van der Waals surface area contributed by atoms with Crippen LogP contribution in [0.1, 0.15) is 33.1 Å². The molecule has 0 aliphatic carbocycles. The molecular formula is C16H20ClN5O. The second-order valence-electron chi connectivity index (χ2n) is 6.08. The molecule has 2 aromatic rings. The number of benzene rings is 1. The van der Waals surface area contributed by atoms with Gasteiger partial charge in [0.05, 0.1) is 0 Å². The average Bonchev–Trinajstić information content (AvgIpc) is 2.96. The van der Waals surface area contributed by atoms with Crippen molar-refractivity contribution in [2.24, 2.45) is 0 Å². The van der Waals surface area contributed by atoms with Crippen molar-refractivity contribution in [2.75, 3.05) is 0 Å². The summed E-state index contributed by atoms with van der Waals surface area (Å²) >= 11 is 5.87. The van der Waals surface area contributed by atoms with Gasteiger partial charge in [-0.15, -0.1) is 10.2 Å². The lowest BCUT2D eigenvalue weighted by molar-refractivity contribution is -0.138. The van der Waals surface area contributed by atoms with Crippen molar-refractivity contribution in [1.29, 1.82) is 0 Å². The maximum Gasteiger partial charge on any atom is 0.246 e. The monoisotopic (exact) mass is 333 g/mol. The van der Waals surface area contributed by atoms with Gasteiger partial charge < -0.3 is 4.90 Å². The maximum absolute atomic E-state index is 12.6. The fourth-order valence-electron chi connectivity index (χ4n) is 3.14. The molecule has 1 saturated heterocycles. The van der Waals surface area contributed by atoms with Crippen molar-refractivity contribution in [3.8, 4) is 11.4 Å². The molecule has 0 bridgehead atoms. The molecule has 1 aromatic carbocycles. The highest BCUT2D eigenvalue weighted by atomic mass is 35.5. The molecule has 0 saturated carbocycles. The minimum atomic E-state index is 0.0461. The molecular weight excluding hydrogens is 314 g/mol. The van der Waals surface area contributed by atoms with Gasteiger partial charge in [0, 0.05) is 22.7 Å². The Labute approximate surface area is 140 Å². The number of carbonyl (C=O) groups is 1. The Morgan fingerprint density at radius 2 is 1.87 bits per heavy atom. The fraction of sp³-hybridized carbons (Fsp3) is 0.500. The predicted molar refractivity (Wildman–Crippen MR) is 87.9 cm³/mol. The van der Waals surface area contributed by atoms with Crippen molar-refractivity contribution >= 4 is 17.5 Å². The molecule has 0 spiro atoms. The molecule has 6 nitrogen and oxygen atoms in total. The molecule has 2 atom stereocenters. The predicted octanol–water partition coefficient (Wildman–Crippen LogP) is 2.78. The van der Waals surface area contributed by atoms with Gasteiger partial charge in [-0.3, -0.25) is 4.79 Å². The van der Waals surface area contributed by atoms with Crippen LogP contribution in [0.3, 0.4) is 0 Å². The molecule has 7 heteroatoms. The number of likely N-dealkylation sites (tertiary alicyclic amines) is 1. The summed E-state index contributed by atoms with van der Waals surface area (Å²) in [6.45, 7) is 4.32. The standard InChI is InChI=1S/C16H20ClN5O/c1-11-4-3-5-12(2)22(11)15(23)10-21-19-16(18-20-21)13-6-8-14(17)9-7-13/h6-9,11-12H,3-5,10H2,1-2H3/t11-,12+. The normalized spacial score (nSPS) is 21.4. The molecule has 0 radical (unpaired) electrons. The van der Waals surface area contributed by atoms with Crippen LogP contribution in [-0.2, 0) is 11.3 Å². The van der Waals surface area contributed by atoms with Crippen molar-refractivity contribution in [2.45, 2.75) is 51.7 Å². The molecule has 1 aliphatic rings.